The molecule has 1 heteroatoms. The molecule has 1 saturated carbocycles. The van der Waals surface area contributed by atoms with Gasteiger partial charge in [0.2, 0.25) is 0 Å². The summed E-state index contributed by atoms with van der Waals surface area (Å²) in [6, 6.07) is 10.3. The summed E-state index contributed by atoms with van der Waals surface area (Å²) in [6.45, 7) is 2.40. The van der Waals surface area contributed by atoms with E-state index in [1.54, 1.807) is 11.1 Å². The zero-order valence-electron chi connectivity index (χ0n) is 11.5. The van der Waals surface area contributed by atoms with Gasteiger partial charge >= 0.3 is 0 Å². The van der Waals surface area contributed by atoms with Gasteiger partial charge in [-0.2, -0.15) is 0 Å². The fraction of sp³-hybridized carbons (Fsp3) is 0.647. The van der Waals surface area contributed by atoms with Gasteiger partial charge in [0, 0.05) is 12.1 Å². The van der Waals surface area contributed by atoms with Crippen molar-refractivity contribution in [2.45, 2.75) is 64.0 Å². The molecule has 0 bridgehead atoms. The summed E-state index contributed by atoms with van der Waals surface area (Å²) >= 11 is 0. The van der Waals surface area contributed by atoms with Gasteiger partial charge in [0.1, 0.15) is 0 Å². The average Bonchev–Trinajstić information content (AvgIpc) is 2.93. The van der Waals surface area contributed by atoms with Crippen LogP contribution < -0.4 is 5.32 Å². The third kappa shape index (κ3) is 2.47. The van der Waals surface area contributed by atoms with Gasteiger partial charge in [0.25, 0.3) is 0 Å². The number of hydrogen-bond acceptors (Lipinski definition) is 1. The lowest BCUT2D eigenvalue weighted by atomic mass is 9.86. The van der Waals surface area contributed by atoms with Crippen molar-refractivity contribution in [2.75, 3.05) is 0 Å². The first kappa shape index (κ1) is 12.2. The number of rotatable bonds is 3. The Kier molecular flexibility index (Phi) is 3.69. The number of aryl methyl sites for hydroxylation is 1. The number of nitrogens with one attached hydrogen (secondary N) is 1. The zero-order valence-corrected chi connectivity index (χ0v) is 11.5. The highest BCUT2D eigenvalue weighted by Crippen LogP contribution is 2.33. The quantitative estimate of drug-likeness (QED) is 0.837. The van der Waals surface area contributed by atoms with Crippen molar-refractivity contribution in [2.24, 2.45) is 5.92 Å². The molecule has 1 nitrogen and oxygen atoms in total. The lowest BCUT2D eigenvalue weighted by Gasteiger charge is -2.31. The molecule has 18 heavy (non-hydrogen) atoms. The maximum Gasteiger partial charge on any atom is 0.0325 e. The van der Waals surface area contributed by atoms with E-state index in [0.717, 1.165) is 5.92 Å². The number of fused-ring (bicyclic) bond motifs is 1. The van der Waals surface area contributed by atoms with Crippen molar-refractivity contribution in [3.05, 3.63) is 35.4 Å². The number of hydrogen-bond donors (Lipinski definition) is 1. The minimum atomic E-state index is 0.602. The molecule has 2 aliphatic carbocycles. The second-order valence-electron chi connectivity index (χ2n) is 6.14. The fourth-order valence-corrected chi connectivity index (χ4v) is 3.84. The van der Waals surface area contributed by atoms with Crippen molar-refractivity contribution in [3.8, 4) is 0 Å². The molecule has 0 heterocycles. The molecule has 0 aromatic heterocycles. The van der Waals surface area contributed by atoms with Gasteiger partial charge in [0.15, 0.2) is 0 Å². The summed E-state index contributed by atoms with van der Waals surface area (Å²) in [5, 5.41) is 3.92. The van der Waals surface area contributed by atoms with Crippen LogP contribution in [0.4, 0.5) is 0 Å². The molecule has 1 fully saturated rings. The third-order valence-electron chi connectivity index (χ3n) is 4.94. The summed E-state index contributed by atoms with van der Waals surface area (Å²) in [6.07, 6.45) is 9.67. The van der Waals surface area contributed by atoms with E-state index >= 15 is 0 Å². The summed E-state index contributed by atoms with van der Waals surface area (Å²) < 4.78 is 0. The second-order valence-corrected chi connectivity index (χ2v) is 6.14. The molecule has 1 aromatic rings. The lowest BCUT2D eigenvalue weighted by Crippen LogP contribution is -2.36. The van der Waals surface area contributed by atoms with E-state index < -0.39 is 0 Å². The monoisotopic (exact) mass is 243 g/mol. The van der Waals surface area contributed by atoms with Crippen LogP contribution in [-0.4, -0.2) is 6.04 Å². The standard InChI is InChI=1S/C17H25N/c1-13(14-7-2-3-8-14)18-17-12-6-10-15-9-4-5-11-16(15)17/h4-5,9,11,13-14,17-18H,2-3,6-8,10,12H2,1H3/t13-,17?/m1/s1. The molecule has 0 spiro atoms. The van der Waals surface area contributed by atoms with Crippen molar-refractivity contribution >= 4 is 0 Å². The maximum atomic E-state index is 3.92. The van der Waals surface area contributed by atoms with Crippen molar-refractivity contribution < 1.29 is 0 Å². The molecule has 0 amide bonds. The van der Waals surface area contributed by atoms with E-state index in [-0.39, 0.29) is 0 Å². The molecule has 98 valence electrons. The van der Waals surface area contributed by atoms with E-state index in [4.69, 9.17) is 0 Å². The van der Waals surface area contributed by atoms with E-state index in [1.807, 2.05) is 0 Å². The van der Waals surface area contributed by atoms with Gasteiger partial charge in [-0.15, -0.1) is 0 Å². The van der Waals surface area contributed by atoms with Crippen LogP contribution in [0.15, 0.2) is 24.3 Å². The highest BCUT2D eigenvalue weighted by molar-refractivity contribution is 5.32. The average molecular weight is 243 g/mol. The number of benzene rings is 1. The Morgan fingerprint density at radius 3 is 2.67 bits per heavy atom. The minimum Gasteiger partial charge on any atom is -0.307 e. The van der Waals surface area contributed by atoms with Gasteiger partial charge in [-0.3, -0.25) is 0 Å². The predicted octanol–water partition coefficient (Wildman–Crippen LogP) is 4.23. The molecule has 2 aliphatic rings. The largest absolute Gasteiger partial charge is 0.307 e. The van der Waals surface area contributed by atoms with Gasteiger partial charge in [0.05, 0.1) is 0 Å². The minimum absolute atomic E-state index is 0.602. The summed E-state index contributed by atoms with van der Waals surface area (Å²) in [5.74, 6) is 0.916. The first-order chi connectivity index (χ1) is 8.84. The highest BCUT2D eigenvalue weighted by Gasteiger charge is 2.26. The predicted molar refractivity (Wildman–Crippen MR) is 76.7 cm³/mol. The summed E-state index contributed by atoms with van der Waals surface area (Å²) in [7, 11) is 0. The SMILES string of the molecule is C[C@@H](NC1CCCc2ccccc21)C1CCCC1. The van der Waals surface area contributed by atoms with Crippen molar-refractivity contribution in [3.63, 3.8) is 0 Å². The molecule has 2 atom stereocenters. The topological polar surface area (TPSA) is 12.0 Å². The van der Waals surface area contributed by atoms with Gasteiger partial charge in [-0.1, -0.05) is 37.1 Å². The van der Waals surface area contributed by atoms with E-state index in [0.29, 0.717) is 12.1 Å². The lowest BCUT2D eigenvalue weighted by molar-refractivity contribution is 0.324. The Labute approximate surface area is 111 Å². The van der Waals surface area contributed by atoms with E-state index in [9.17, 15) is 0 Å². The Morgan fingerprint density at radius 1 is 1.06 bits per heavy atom. The molecule has 1 N–H and O–H groups in total. The Balaban J connectivity index is 1.70. The van der Waals surface area contributed by atoms with Crippen LogP contribution in [0.2, 0.25) is 0 Å². The van der Waals surface area contributed by atoms with Gasteiger partial charge in [-0.05, 0) is 56.1 Å². The van der Waals surface area contributed by atoms with Crippen LogP contribution in [0.5, 0.6) is 0 Å². The van der Waals surface area contributed by atoms with Crippen LogP contribution in [0, 0.1) is 5.92 Å². The molecule has 0 radical (unpaired) electrons. The molecule has 0 saturated heterocycles. The molecule has 3 rings (SSSR count). The Hall–Kier alpha value is -0.820. The second kappa shape index (κ2) is 5.44. The van der Waals surface area contributed by atoms with Crippen LogP contribution in [0.1, 0.15) is 62.6 Å². The summed E-state index contributed by atoms with van der Waals surface area (Å²) in [5.41, 5.74) is 3.13. The smallest absolute Gasteiger partial charge is 0.0325 e. The first-order valence-electron chi connectivity index (χ1n) is 7.68. The normalized spacial score (nSPS) is 25.9. The van der Waals surface area contributed by atoms with Crippen LogP contribution in [0.3, 0.4) is 0 Å². The van der Waals surface area contributed by atoms with Crippen LogP contribution in [0.25, 0.3) is 0 Å². The maximum absolute atomic E-state index is 3.92. The molecule has 1 unspecified atom stereocenters. The molecular formula is C17H25N. The van der Waals surface area contributed by atoms with E-state index in [1.165, 1.54) is 44.9 Å². The van der Waals surface area contributed by atoms with Crippen molar-refractivity contribution in [1.82, 2.24) is 5.32 Å². The van der Waals surface area contributed by atoms with Crippen molar-refractivity contribution in [1.29, 1.82) is 0 Å². The molecule has 0 aliphatic heterocycles. The van der Waals surface area contributed by atoms with Gasteiger partial charge in [-0.25, -0.2) is 0 Å². The Morgan fingerprint density at radius 2 is 1.83 bits per heavy atom. The molecular weight excluding hydrogens is 218 g/mol. The summed E-state index contributed by atoms with van der Waals surface area (Å²) in [4.78, 5) is 0. The van der Waals surface area contributed by atoms with Crippen LogP contribution >= 0.6 is 0 Å². The fourth-order valence-electron chi connectivity index (χ4n) is 3.84. The zero-order chi connectivity index (χ0) is 12.4. The third-order valence-corrected chi connectivity index (χ3v) is 4.94. The van der Waals surface area contributed by atoms with Gasteiger partial charge < -0.3 is 5.32 Å². The van der Waals surface area contributed by atoms with E-state index in [2.05, 4.69) is 36.5 Å². The van der Waals surface area contributed by atoms with Crippen LogP contribution in [-0.2, 0) is 6.42 Å². The molecule has 1 aromatic carbocycles. The first-order valence-corrected chi connectivity index (χ1v) is 7.68. The highest BCUT2D eigenvalue weighted by atomic mass is 15.0. The Bertz CT molecular complexity index is 392.